The molecule has 0 spiro atoms. The number of amides is 1. The molecule has 10 nitrogen and oxygen atoms in total. The third kappa shape index (κ3) is 4.41. The molecule has 25 heavy (non-hydrogen) atoms. The van der Waals surface area contributed by atoms with Crippen LogP contribution in [-0.4, -0.2) is 32.3 Å². The van der Waals surface area contributed by atoms with Gasteiger partial charge in [-0.05, 0) is 17.6 Å². The lowest BCUT2D eigenvalue weighted by Gasteiger charge is -2.04. The van der Waals surface area contributed by atoms with E-state index in [4.69, 9.17) is 9.26 Å². The number of imidazole rings is 1. The van der Waals surface area contributed by atoms with Crippen molar-refractivity contribution in [3.63, 3.8) is 0 Å². The first-order valence-electron chi connectivity index (χ1n) is 7.24. The molecule has 0 bridgehead atoms. The largest absolute Gasteiger partial charge is 0.414 e. The smallest absolute Gasteiger partial charge is 0.388 e. The molecule has 0 aliphatic rings. The predicted octanol–water partition coefficient (Wildman–Crippen LogP) is 2.69. The summed E-state index contributed by atoms with van der Waals surface area (Å²) in [4.78, 5) is 26.3. The number of nitrogens with one attached hydrogen (secondary N) is 1. The van der Waals surface area contributed by atoms with Gasteiger partial charge in [0.1, 0.15) is 0 Å². The number of nitro groups is 1. The molecule has 0 saturated heterocycles. The quantitative estimate of drug-likeness (QED) is 0.388. The van der Waals surface area contributed by atoms with E-state index in [1.807, 2.05) is 10.8 Å². The number of carbonyl (C=O) groups is 1. The topological polar surface area (TPSA) is 125 Å². The minimum Gasteiger partial charge on any atom is -0.388 e. The molecule has 0 aromatic carbocycles. The third-order valence-corrected chi connectivity index (χ3v) is 4.17. The molecule has 0 aliphatic heterocycles. The van der Waals surface area contributed by atoms with Gasteiger partial charge >= 0.3 is 11.1 Å². The zero-order valence-electron chi connectivity index (χ0n) is 12.8. The van der Waals surface area contributed by atoms with Crippen LogP contribution in [-0.2, 0) is 6.54 Å². The molecule has 3 aromatic rings. The Labute approximate surface area is 145 Å². The van der Waals surface area contributed by atoms with Gasteiger partial charge in [-0.25, -0.2) is 9.78 Å². The number of nitrogens with zero attached hydrogens (tertiary/aromatic N) is 4. The van der Waals surface area contributed by atoms with Crippen molar-refractivity contribution in [1.82, 2.24) is 20.0 Å². The van der Waals surface area contributed by atoms with Crippen molar-refractivity contribution in [1.29, 1.82) is 0 Å². The molecule has 3 aromatic heterocycles. The van der Waals surface area contributed by atoms with E-state index >= 15 is 0 Å². The molecule has 0 unspecified atom stereocenters. The van der Waals surface area contributed by atoms with Crippen LogP contribution in [0.3, 0.4) is 0 Å². The van der Waals surface area contributed by atoms with Crippen molar-refractivity contribution >= 4 is 22.4 Å². The van der Waals surface area contributed by atoms with E-state index in [1.165, 1.54) is 12.1 Å². The van der Waals surface area contributed by atoms with Crippen molar-refractivity contribution in [3.05, 3.63) is 47.0 Å². The predicted molar refractivity (Wildman–Crippen MR) is 87.3 cm³/mol. The van der Waals surface area contributed by atoms with Gasteiger partial charge in [0.25, 0.3) is 5.88 Å². The highest BCUT2D eigenvalue weighted by atomic mass is 32.1. The Morgan fingerprint density at radius 2 is 2.36 bits per heavy atom. The van der Waals surface area contributed by atoms with Gasteiger partial charge in [0, 0.05) is 31.5 Å². The van der Waals surface area contributed by atoms with E-state index in [1.54, 1.807) is 18.6 Å². The molecule has 3 heterocycles. The van der Waals surface area contributed by atoms with Crippen LogP contribution < -0.4 is 10.1 Å². The molecule has 0 aliphatic carbocycles. The fourth-order valence-electron chi connectivity index (χ4n) is 1.98. The van der Waals surface area contributed by atoms with E-state index in [0.29, 0.717) is 23.6 Å². The Hall–Kier alpha value is -3.21. The van der Waals surface area contributed by atoms with Gasteiger partial charge in [-0.2, -0.15) is 0 Å². The number of thiophene rings is 1. The Bertz CT molecular complexity index is 857. The van der Waals surface area contributed by atoms with E-state index in [9.17, 15) is 14.9 Å². The summed E-state index contributed by atoms with van der Waals surface area (Å²) < 4.78 is 11.9. The Morgan fingerprint density at radius 1 is 1.48 bits per heavy atom. The molecule has 1 amide bonds. The highest BCUT2D eigenvalue weighted by Crippen LogP contribution is 2.33. The Morgan fingerprint density at radius 3 is 3.08 bits per heavy atom. The lowest BCUT2D eigenvalue weighted by atomic mass is 10.4. The maximum absolute atomic E-state index is 11.7. The summed E-state index contributed by atoms with van der Waals surface area (Å²) in [7, 11) is 0. The van der Waals surface area contributed by atoms with Gasteiger partial charge in [0.15, 0.2) is 5.76 Å². The van der Waals surface area contributed by atoms with E-state index in [2.05, 4.69) is 15.5 Å². The fourth-order valence-corrected chi connectivity index (χ4v) is 2.75. The first-order chi connectivity index (χ1) is 12.1. The van der Waals surface area contributed by atoms with Crippen molar-refractivity contribution in [3.8, 4) is 16.5 Å². The maximum Gasteiger partial charge on any atom is 0.414 e. The highest BCUT2D eigenvalue weighted by Gasteiger charge is 2.16. The van der Waals surface area contributed by atoms with Crippen LogP contribution in [0.15, 0.2) is 41.4 Å². The summed E-state index contributed by atoms with van der Waals surface area (Å²) in [5.41, 5.74) is 0. The molecule has 3 rings (SSSR count). The number of hydrogen-bond donors (Lipinski definition) is 1. The number of carbonyl (C=O) groups excluding carboxylic acids is 1. The van der Waals surface area contributed by atoms with Crippen LogP contribution in [0.1, 0.15) is 6.42 Å². The van der Waals surface area contributed by atoms with Crippen LogP contribution in [0, 0.1) is 10.1 Å². The maximum atomic E-state index is 11.7. The summed E-state index contributed by atoms with van der Waals surface area (Å²) in [6.07, 6.45) is 5.29. The summed E-state index contributed by atoms with van der Waals surface area (Å²) in [6, 6.07) is 4.32. The summed E-state index contributed by atoms with van der Waals surface area (Å²) in [6.45, 7) is 1.16. The van der Waals surface area contributed by atoms with Crippen molar-refractivity contribution < 1.29 is 19.0 Å². The van der Waals surface area contributed by atoms with Gasteiger partial charge < -0.3 is 19.1 Å². The zero-order chi connectivity index (χ0) is 17.6. The highest BCUT2D eigenvalue weighted by molar-refractivity contribution is 7.18. The van der Waals surface area contributed by atoms with Crippen LogP contribution in [0.5, 0.6) is 5.88 Å². The van der Waals surface area contributed by atoms with Crippen molar-refractivity contribution in [2.75, 3.05) is 6.54 Å². The first-order valence-corrected chi connectivity index (χ1v) is 8.06. The third-order valence-electron chi connectivity index (χ3n) is 3.12. The molecule has 0 radical (unpaired) electrons. The van der Waals surface area contributed by atoms with Gasteiger partial charge in [-0.1, -0.05) is 11.3 Å². The number of rotatable bonds is 7. The minimum atomic E-state index is -0.650. The summed E-state index contributed by atoms with van der Waals surface area (Å²) in [5, 5.41) is 16.9. The standard InChI is InChI=1S/C14H13N5O5S/c20-14(16-4-1-6-18-7-5-15-9-18)23-12-8-10(24-17-12)11-2-3-13(25-11)19(21)22/h2-3,5,7-9H,1,4,6H2,(H,16,20). The van der Waals surface area contributed by atoms with Crippen molar-refractivity contribution in [2.45, 2.75) is 13.0 Å². The van der Waals surface area contributed by atoms with Crippen LogP contribution >= 0.6 is 11.3 Å². The molecule has 0 atom stereocenters. The fraction of sp³-hybridized carbons (Fsp3) is 0.214. The molecule has 11 heteroatoms. The molecular weight excluding hydrogens is 350 g/mol. The van der Waals surface area contributed by atoms with Gasteiger partial charge in [0.2, 0.25) is 0 Å². The van der Waals surface area contributed by atoms with Crippen LogP contribution in [0.4, 0.5) is 9.80 Å². The number of ether oxygens (including phenoxy) is 1. The zero-order valence-corrected chi connectivity index (χ0v) is 13.6. The second-order valence-corrected chi connectivity index (χ2v) is 5.96. The average molecular weight is 363 g/mol. The number of aryl methyl sites for hydroxylation is 1. The van der Waals surface area contributed by atoms with E-state index in [0.717, 1.165) is 17.9 Å². The van der Waals surface area contributed by atoms with Crippen molar-refractivity contribution in [2.24, 2.45) is 0 Å². The monoisotopic (exact) mass is 363 g/mol. The van der Waals surface area contributed by atoms with Gasteiger partial charge in [0.05, 0.1) is 22.2 Å². The van der Waals surface area contributed by atoms with Crippen LogP contribution in [0.25, 0.3) is 10.6 Å². The van der Waals surface area contributed by atoms with Gasteiger partial charge in [-0.15, -0.1) is 0 Å². The summed E-state index contributed by atoms with van der Waals surface area (Å²) >= 11 is 0.945. The van der Waals surface area contributed by atoms with Gasteiger partial charge in [-0.3, -0.25) is 10.1 Å². The lowest BCUT2D eigenvalue weighted by molar-refractivity contribution is -0.380. The average Bonchev–Trinajstić information content (AvgIpc) is 3.31. The second-order valence-electron chi connectivity index (χ2n) is 4.89. The normalized spacial score (nSPS) is 10.6. The molecule has 1 N–H and O–H groups in total. The lowest BCUT2D eigenvalue weighted by Crippen LogP contribution is -2.28. The molecule has 130 valence electrons. The number of hydrogen-bond acceptors (Lipinski definition) is 8. The van der Waals surface area contributed by atoms with E-state index < -0.39 is 11.0 Å². The molecule has 0 saturated carbocycles. The Kier molecular flexibility index (Phi) is 5.04. The SMILES string of the molecule is O=C(NCCCn1ccnc1)Oc1cc(-c2ccc([N+](=O)[O-])s2)on1. The Balaban J connectivity index is 1.47. The van der Waals surface area contributed by atoms with Crippen LogP contribution in [0.2, 0.25) is 0 Å². The first kappa shape index (κ1) is 16.6. The molecular formula is C14H13N5O5S. The minimum absolute atomic E-state index is 0.00972. The molecule has 0 fully saturated rings. The number of aromatic nitrogens is 3. The second kappa shape index (κ2) is 7.57. The van der Waals surface area contributed by atoms with E-state index in [-0.39, 0.29) is 10.9 Å². The summed E-state index contributed by atoms with van der Waals surface area (Å²) in [5.74, 6) is 0.277.